The lowest BCUT2D eigenvalue weighted by atomic mass is 9.98. The number of aryl methyl sites for hydroxylation is 2. The van der Waals surface area contributed by atoms with Crippen molar-refractivity contribution in [3.05, 3.63) is 46.9 Å². The Hall–Kier alpha value is -2.57. The summed E-state index contributed by atoms with van der Waals surface area (Å²) in [7, 11) is 1.88. The summed E-state index contributed by atoms with van der Waals surface area (Å²) in [5.41, 5.74) is 2.44. The largest absolute Gasteiger partial charge is 0.373 e. The van der Waals surface area contributed by atoms with E-state index in [0.717, 1.165) is 37.3 Å². The normalized spacial score (nSPS) is 19.7. The number of thiazole rings is 1. The van der Waals surface area contributed by atoms with E-state index in [1.165, 1.54) is 41.9 Å². The van der Waals surface area contributed by atoms with Crippen molar-refractivity contribution in [3.63, 3.8) is 0 Å². The van der Waals surface area contributed by atoms with E-state index in [1.807, 2.05) is 32.4 Å². The Morgan fingerprint density at radius 3 is 2.69 bits per heavy atom. The van der Waals surface area contributed by atoms with Crippen LogP contribution >= 0.6 is 22.7 Å². The molecule has 36 heavy (non-hydrogen) atoms. The predicted octanol–water partition coefficient (Wildman–Crippen LogP) is 4.26. The fourth-order valence-corrected chi connectivity index (χ4v) is 6.97. The Morgan fingerprint density at radius 2 is 1.97 bits per heavy atom. The molecule has 0 aromatic carbocycles. The van der Waals surface area contributed by atoms with Crippen LogP contribution in [0.25, 0.3) is 15.3 Å². The number of hydrogen-bond donors (Lipinski definition) is 3. The summed E-state index contributed by atoms with van der Waals surface area (Å²) in [5.74, 6) is -0.211. The highest BCUT2D eigenvalue weighted by Crippen LogP contribution is 2.33. The summed E-state index contributed by atoms with van der Waals surface area (Å²) in [6.45, 7) is 8.13. The zero-order valence-electron chi connectivity index (χ0n) is 21.1. The summed E-state index contributed by atoms with van der Waals surface area (Å²) in [6, 6.07) is 3.10. The van der Waals surface area contributed by atoms with E-state index in [4.69, 9.17) is 0 Å². The Labute approximate surface area is 218 Å². The van der Waals surface area contributed by atoms with Gasteiger partial charge in [-0.05, 0) is 45.2 Å². The number of anilines is 1. The Bertz CT molecular complexity index is 1340. The van der Waals surface area contributed by atoms with Gasteiger partial charge < -0.3 is 10.4 Å². The number of hydrogen-bond acceptors (Lipinski definition) is 8. The first-order chi connectivity index (χ1) is 17.3. The first kappa shape index (κ1) is 25.1. The van der Waals surface area contributed by atoms with Crippen molar-refractivity contribution >= 4 is 38.4 Å². The van der Waals surface area contributed by atoms with Crippen molar-refractivity contribution in [1.29, 1.82) is 0 Å². The number of aliphatic hydroxyl groups is 1. The van der Waals surface area contributed by atoms with Crippen LogP contribution in [-0.4, -0.2) is 60.5 Å². The third-order valence-electron chi connectivity index (χ3n) is 6.95. The second-order valence-electron chi connectivity index (χ2n) is 9.64. The van der Waals surface area contributed by atoms with Crippen LogP contribution in [0.3, 0.4) is 0 Å². The van der Waals surface area contributed by atoms with E-state index in [0.29, 0.717) is 24.2 Å². The van der Waals surface area contributed by atoms with Gasteiger partial charge in [0, 0.05) is 50.2 Å². The van der Waals surface area contributed by atoms with Gasteiger partial charge in [0.2, 0.25) is 0 Å². The van der Waals surface area contributed by atoms with Gasteiger partial charge in [-0.15, -0.1) is 22.7 Å². The van der Waals surface area contributed by atoms with Gasteiger partial charge in [-0.1, -0.05) is 6.42 Å². The molecule has 3 N–H and O–H groups in total. The van der Waals surface area contributed by atoms with Crippen molar-refractivity contribution in [2.24, 2.45) is 7.05 Å². The van der Waals surface area contributed by atoms with E-state index in [1.54, 1.807) is 21.6 Å². The minimum Gasteiger partial charge on any atom is -0.373 e. The van der Waals surface area contributed by atoms with E-state index < -0.39 is 6.23 Å². The highest BCUT2D eigenvalue weighted by molar-refractivity contribution is 7.21. The fraction of sp³-hybridized carbons (Fsp3) is 0.480. The average molecular weight is 528 g/mol. The standard InChI is InChI=1S/C25H33N7O2S2/c1-15-10-20(23(34)26-8-9-31-16(2)6-5-7-17(31)3)35-24(15)29-22(33)19-12-28-32-14-21(36-25(19)32)18-11-27-30(4)13-18/h10-14,16-17,23,26,34H,5-9H2,1-4H3,(H,29,33)/t16-,17+,23?. The van der Waals surface area contributed by atoms with Crippen LogP contribution < -0.4 is 10.6 Å². The number of rotatable bonds is 8. The molecule has 5 rings (SSSR count). The van der Waals surface area contributed by atoms with E-state index >= 15 is 0 Å². The molecule has 0 spiro atoms. The third-order valence-corrected chi connectivity index (χ3v) is 9.31. The van der Waals surface area contributed by atoms with Crippen molar-refractivity contribution < 1.29 is 9.90 Å². The molecule has 9 nitrogen and oxygen atoms in total. The average Bonchev–Trinajstić information content (AvgIpc) is 3.60. The van der Waals surface area contributed by atoms with Crippen LogP contribution in [0.1, 0.15) is 60.1 Å². The van der Waals surface area contributed by atoms with Gasteiger partial charge in [-0.25, -0.2) is 4.52 Å². The van der Waals surface area contributed by atoms with Gasteiger partial charge in [-0.2, -0.15) is 10.2 Å². The molecule has 0 bridgehead atoms. The van der Waals surface area contributed by atoms with Crippen LogP contribution in [0.4, 0.5) is 5.00 Å². The highest BCUT2D eigenvalue weighted by atomic mass is 32.1. The van der Waals surface area contributed by atoms with Crippen LogP contribution in [0, 0.1) is 6.92 Å². The molecule has 3 atom stereocenters. The van der Waals surface area contributed by atoms with Crippen LogP contribution in [0.5, 0.6) is 0 Å². The Kier molecular flexibility index (Phi) is 7.27. The smallest absolute Gasteiger partial charge is 0.260 e. The van der Waals surface area contributed by atoms with Gasteiger partial charge in [0.1, 0.15) is 11.1 Å². The second-order valence-corrected chi connectivity index (χ2v) is 11.8. The first-order valence-electron chi connectivity index (χ1n) is 12.3. The maximum Gasteiger partial charge on any atom is 0.260 e. The Morgan fingerprint density at radius 1 is 1.19 bits per heavy atom. The molecule has 0 radical (unpaired) electrons. The molecular formula is C25H33N7O2S2. The summed E-state index contributed by atoms with van der Waals surface area (Å²) in [6.07, 6.45) is 10.2. The molecule has 1 unspecified atom stereocenters. The maximum absolute atomic E-state index is 13.1. The molecule has 11 heteroatoms. The lowest BCUT2D eigenvalue weighted by Crippen LogP contribution is -2.46. The number of aliphatic hydroxyl groups excluding tert-OH is 1. The lowest BCUT2D eigenvalue weighted by Gasteiger charge is -2.39. The highest BCUT2D eigenvalue weighted by Gasteiger charge is 2.24. The van der Waals surface area contributed by atoms with Crippen LogP contribution in [0.15, 0.2) is 30.9 Å². The van der Waals surface area contributed by atoms with Crippen LogP contribution in [0.2, 0.25) is 0 Å². The summed E-state index contributed by atoms with van der Waals surface area (Å²) in [5, 5.41) is 26.3. The van der Waals surface area contributed by atoms with Crippen molar-refractivity contribution in [2.45, 2.75) is 58.3 Å². The fourth-order valence-electron chi connectivity index (χ4n) is 4.91. The predicted molar refractivity (Wildman–Crippen MR) is 145 cm³/mol. The van der Waals surface area contributed by atoms with E-state index in [2.05, 4.69) is 39.6 Å². The number of nitrogens with one attached hydrogen (secondary N) is 2. The zero-order valence-corrected chi connectivity index (χ0v) is 22.7. The molecule has 5 heterocycles. The zero-order chi connectivity index (χ0) is 25.4. The molecule has 4 aromatic rings. The van der Waals surface area contributed by atoms with E-state index in [9.17, 15) is 9.90 Å². The van der Waals surface area contributed by atoms with Gasteiger partial charge in [0.25, 0.3) is 5.91 Å². The lowest BCUT2D eigenvalue weighted by molar-refractivity contribution is 0.0888. The number of carbonyl (C=O) groups excluding carboxylic acids is 1. The quantitative estimate of drug-likeness (QED) is 0.296. The molecule has 1 aliphatic rings. The minimum atomic E-state index is -0.767. The maximum atomic E-state index is 13.1. The number of likely N-dealkylation sites (tertiary alicyclic amines) is 1. The molecule has 0 saturated carbocycles. The molecule has 1 fully saturated rings. The molecule has 1 saturated heterocycles. The van der Waals surface area contributed by atoms with Crippen molar-refractivity contribution in [3.8, 4) is 10.4 Å². The number of piperidine rings is 1. The van der Waals surface area contributed by atoms with Gasteiger partial charge in [0.15, 0.2) is 0 Å². The summed E-state index contributed by atoms with van der Waals surface area (Å²) < 4.78 is 3.48. The number of fused-ring (bicyclic) bond motifs is 1. The first-order valence-corrected chi connectivity index (χ1v) is 14.0. The minimum absolute atomic E-state index is 0.211. The van der Waals surface area contributed by atoms with Gasteiger partial charge in [-0.3, -0.25) is 19.7 Å². The number of carbonyl (C=O) groups is 1. The van der Waals surface area contributed by atoms with Gasteiger partial charge in [0.05, 0.1) is 32.7 Å². The second kappa shape index (κ2) is 10.4. The molecular weight excluding hydrogens is 494 g/mol. The number of aromatic nitrogens is 4. The number of nitrogens with zero attached hydrogens (tertiary/aromatic N) is 5. The Balaban J connectivity index is 1.22. The SMILES string of the molecule is Cc1cc(C(O)NCCN2[C@H](C)CCC[C@@H]2C)sc1NC(=O)c1cnn2cc(-c3cnn(C)c3)sc12. The van der Waals surface area contributed by atoms with E-state index in [-0.39, 0.29) is 5.91 Å². The third kappa shape index (κ3) is 5.12. The van der Waals surface area contributed by atoms with Crippen molar-refractivity contribution in [2.75, 3.05) is 18.4 Å². The number of thiophene rings is 1. The molecule has 4 aromatic heterocycles. The molecule has 192 valence electrons. The summed E-state index contributed by atoms with van der Waals surface area (Å²) in [4.78, 5) is 18.2. The molecule has 1 aliphatic heterocycles. The van der Waals surface area contributed by atoms with Crippen molar-refractivity contribution in [1.82, 2.24) is 29.6 Å². The summed E-state index contributed by atoms with van der Waals surface area (Å²) >= 11 is 2.90. The van der Waals surface area contributed by atoms with Crippen LogP contribution in [-0.2, 0) is 7.05 Å². The molecule has 0 aliphatic carbocycles. The number of amides is 1. The molecule has 1 amide bonds. The topological polar surface area (TPSA) is 99.7 Å². The van der Waals surface area contributed by atoms with Gasteiger partial charge >= 0.3 is 0 Å². The monoisotopic (exact) mass is 527 g/mol.